The van der Waals surface area contributed by atoms with Crippen LogP contribution < -0.4 is 10.3 Å². The highest BCUT2D eigenvalue weighted by Gasteiger charge is 2.19. The topological polar surface area (TPSA) is 55.0 Å². The molecule has 0 aliphatic heterocycles. The summed E-state index contributed by atoms with van der Waals surface area (Å²) in [6, 6.07) is 5.14. The monoisotopic (exact) mass is 426 g/mol. The molecule has 1 N–H and O–H groups in total. The van der Waals surface area contributed by atoms with Crippen LogP contribution in [0.3, 0.4) is 0 Å². The van der Waals surface area contributed by atoms with Gasteiger partial charge in [0.25, 0.3) is 5.56 Å². The minimum absolute atomic E-state index is 0.0291. The van der Waals surface area contributed by atoms with Crippen molar-refractivity contribution in [1.29, 1.82) is 0 Å². The number of aryl methyl sites for hydroxylation is 2. The normalized spacial score (nSPS) is 13.8. The number of rotatable bonds is 5. The number of benzene rings is 1. The molecule has 0 saturated heterocycles. The molecule has 0 atom stereocenters. The predicted octanol–water partition coefficient (Wildman–Crippen LogP) is 5.34. The molecule has 0 bridgehead atoms. The molecule has 0 radical (unpaired) electrons. The summed E-state index contributed by atoms with van der Waals surface area (Å²) in [4.78, 5) is 22.2. The van der Waals surface area contributed by atoms with Crippen LogP contribution in [0, 0.1) is 0 Å². The number of halogens is 2. The van der Waals surface area contributed by atoms with Crippen LogP contribution in [0.4, 0.5) is 0 Å². The number of hydrogen-bond donors (Lipinski definition) is 1. The molecule has 0 spiro atoms. The van der Waals surface area contributed by atoms with Crippen molar-refractivity contribution in [3.8, 4) is 5.75 Å². The molecule has 1 aliphatic carbocycles. The van der Waals surface area contributed by atoms with Crippen molar-refractivity contribution in [3.63, 3.8) is 0 Å². The van der Waals surface area contributed by atoms with Crippen LogP contribution in [0.5, 0.6) is 5.75 Å². The molecule has 1 aromatic carbocycles. The second kappa shape index (κ2) is 7.80. The Hall–Kier alpha value is -1.21. The van der Waals surface area contributed by atoms with E-state index in [-0.39, 0.29) is 5.56 Å². The molecule has 4 nitrogen and oxygen atoms in total. The van der Waals surface area contributed by atoms with E-state index in [0.29, 0.717) is 33.3 Å². The summed E-state index contributed by atoms with van der Waals surface area (Å²) in [5.74, 6) is 1.25. The third-order valence-corrected chi connectivity index (χ3v) is 6.83. The fourth-order valence-electron chi connectivity index (χ4n) is 3.09. The van der Waals surface area contributed by atoms with Crippen LogP contribution >= 0.6 is 46.3 Å². The third kappa shape index (κ3) is 3.74. The fourth-order valence-corrected chi connectivity index (χ4v) is 5.56. The third-order valence-electron chi connectivity index (χ3n) is 4.28. The molecule has 26 heavy (non-hydrogen) atoms. The Bertz CT molecular complexity index is 1020. The van der Waals surface area contributed by atoms with Crippen LogP contribution in [0.2, 0.25) is 10.0 Å². The Kier molecular flexibility index (Phi) is 5.45. The van der Waals surface area contributed by atoms with Gasteiger partial charge in [-0.05, 0) is 49.4 Å². The summed E-state index contributed by atoms with van der Waals surface area (Å²) < 4.78 is 5.67. The lowest BCUT2D eigenvalue weighted by molar-refractivity contribution is 0.344. The fraction of sp³-hybridized carbons (Fsp3) is 0.333. The lowest BCUT2D eigenvalue weighted by Crippen LogP contribution is -2.11. The number of ether oxygens (including phenoxy) is 1. The molecule has 0 fully saturated rings. The van der Waals surface area contributed by atoms with E-state index >= 15 is 0 Å². The van der Waals surface area contributed by atoms with Crippen molar-refractivity contribution in [1.82, 2.24) is 9.97 Å². The highest BCUT2D eigenvalue weighted by atomic mass is 35.5. The van der Waals surface area contributed by atoms with Gasteiger partial charge in [0.15, 0.2) is 5.16 Å². The zero-order chi connectivity index (χ0) is 18.1. The molecular formula is C18H16Cl2N2O2S2. The van der Waals surface area contributed by atoms with Crippen molar-refractivity contribution >= 4 is 56.5 Å². The number of hydrogen-bond acceptors (Lipinski definition) is 5. The van der Waals surface area contributed by atoms with Gasteiger partial charge in [0, 0.05) is 15.7 Å². The van der Waals surface area contributed by atoms with E-state index in [9.17, 15) is 4.79 Å². The molecular weight excluding hydrogens is 411 g/mol. The maximum Gasteiger partial charge on any atom is 0.260 e. The number of aromatic amines is 1. The minimum atomic E-state index is -0.0291. The first-order chi connectivity index (χ1) is 12.6. The maximum absolute atomic E-state index is 12.5. The van der Waals surface area contributed by atoms with E-state index in [2.05, 4.69) is 9.97 Å². The second-order valence-corrected chi connectivity index (χ2v) is 9.04. The van der Waals surface area contributed by atoms with Crippen molar-refractivity contribution in [2.24, 2.45) is 0 Å². The molecule has 4 rings (SSSR count). The SMILES string of the molecule is O=c1[nH]c(SCCOc2ccc(Cl)cc2Cl)nc2sc3c(c12)CCCC3. The van der Waals surface area contributed by atoms with Gasteiger partial charge in [-0.25, -0.2) is 4.98 Å². The predicted molar refractivity (Wildman–Crippen MR) is 110 cm³/mol. The van der Waals surface area contributed by atoms with E-state index < -0.39 is 0 Å². The van der Waals surface area contributed by atoms with E-state index in [1.165, 1.54) is 28.6 Å². The Morgan fingerprint density at radius 3 is 2.96 bits per heavy atom. The summed E-state index contributed by atoms with van der Waals surface area (Å²) in [5.41, 5.74) is 1.18. The van der Waals surface area contributed by atoms with Crippen molar-refractivity contribution in [2.45, 2.75) is 30.8 Å². The summed E-state index contributed by atoms with van der Waals surface area (Å²) in [6.45, 7) is 0.453. The Morgan fingerprint density at radius 2 is 2.12 bits per heavy atom. The molecule has 2 aromatic heterocycles. The first kappa shape index (κ1) is 18.2. The van der Waals surface area contributed by atoms with Crippen molar-refractivity contribution in [2.75, 3.05) is 12.4 Å². The first-order valence-corrected chi connectivity index (χ1v) is 10.9. The average molecular weight is 427 g/mol. The van der Waals surface area contributed by atoms with Gasteiger partial charge in [0.05, 0.1) is 17.0 Å². The number of aromatic nitrogens is 2. The quantitative estimate of drug-likeness (QED) is 0.339. The van der Waals surface area contributed by atoms with Crippen molar-refractivity contribution < 1.29 is 4.74 Å². The van der Waals surface area contributed by atoms with E-state index in [1.54, 1.807) is 29.5 Å². The van der Waals surface area contributed by atoms with Gasteiger partial charge in [-0.1, -0.05) is 35.0 Å². The summed E-state index contributed by atoms with van der Waals surface area (Å²) in [6.07, 6.45) is 4.40. The molecule has 0 saturated carbocycles. The average Bonchev–Trinajstić information content (AvgIpc) is 2.99. The Morgan fingerprint density at radius 1 is 1.27 bits per heavy atom. The summed E-state index contributed by atoms with van der Waals surface area (Å²) >= 11 is 15.1. The molecule has 1 aliphatic rings. The van der Waals surface area contributed by atoms with Gasteiger partial charge < -0.3 is 9.72 Å². The van der Waals surface area contributed by atoms with E-state index in [1.807, 2.05) is 0 Å². The molecule has 8 heteroatoms. The molecule has 2 heterocycles. The van der Waals surface area contributed by atoms with Crippen molar-refractivity contribution in [3.05, 3.63) is 49.0 Å². The van der Waals surface area contributed by atoms with Gasteiger partial charge in [0.1, 0.15) is 10.6 Å². The van der Waals surface area contributed by atoms with Crippen LogP contribution in [0.25, 0.3) is 10.2 Å². The second-order valence-electron chi connectivity index (χ2n) is 6.03. The zero-order valence-corrected chi connectivity index (χ0v) is 17.0. The maximum atomic E-state index is 12.5. The summed E-state index contributed by atoms with van der Waals surface area (Å²) in [7, 11) is 0. The Labute approximate surface area is 168 Å². The zero-order valence-electron chi connectivity index (χ0n) is 13.8. The molecule has 0 amide bonds. The first-order valence-electron chi connectivity index (χ1n) is 8.37. The van der Waals surface area contributed by atoms with Gasteiger partial charge >= 0.3 is 0 Å². The summed E-state index contributed by atoms with van der Waals surface area (Å²) in [5, 5.41) is 2.48. The standard InChI is InChI=1S/C18H16Cl2N2O2S2/c19-10-5-6-13(12(20)9-10)24-7-8-25-18-21-16(23)15-11-3-1-2-4-14(11)26-17(15)22-18/h5-6,9H,1-4,7-8H2,(H,21,22,23). The van der Waals surface area contributed by atoms with Gasteiger partial charge in [0.2, 0.25) is 0 Å². The largest absolute Gasteiger partial charge is 0.491 e. The van der Waals surface area contributed by atoms with Gasteiger partial charge in [-0.3, -0.25) is 4.79 Å². The lowest BCUT2D eigenvalue weighted by atomic mass is 9.97. The number of thiophene rings is 1. The van der Waals surface area contributed by atoms with Gasteiger partial charge in [-0.15, -0.1) is 11.3 Å². The van der Waals surface area contributed by atoms with Crippen LogP contribution in [-0.2, 0) is 12.8 Å². The van der Waals surface area contributed by atoms with E-state index in [4.69, 9.17) is 27.9 Å². The highest BCUT2D eigenvalue weighted by molar-refractivity contribution is 7.99. The van der Waals surface area contributed by atoms with Crippen LogP contribution in [0.15, 0.2) is 28.2 Å². The molecule has 3 aromatic rings. The molecule has 136 valence electrons. The van der Waals surface area contributed by atoms with E-state index in [0.717, 1.165) is 29.5 Å². The number of nitrogens with zero attached hydrogens (tertiary/aromatic N) is 1. The Balaban J connectivity index is 1.43. The minimum Gasteiger partial charge on any atom is -0.491 e. The van der Waals surface area contributed by atoms with Crippen LogP contribution in [-0.4, -0.2) is 22.3 Å². The highest BCUT2D eigenvalue weighted by Crippen LogP contribution is 2.34. The number of nitrogens with one attached hydrogen (secondary N) is 1. The number of thioether (sulfide) groups is 1. The number of fused-ring (bicyclic) bond motifs is 3. The van der Waals surface area contributed by atoms with Gasteiger partial charge in [-0.2, -0.15) is 0 Å². The molecule has 0 unspecified atom stereocenters. The smallest absolute Gasteiger partial charge is 0.260 e. The number of H-pyrrole nitrogens is 1. The lowest BCUT2D eigenvalue weighted by Gasteiger charge is -2.09. The van der Waals surface area contributed by atoms with Crippen LogP contribution in [0.1, 0.15) is 23.3 Å².